The lowest BCUT2D eigenvalue weighted by Gasteiger charge is -2.40. The summed E-state index contributed by atoms with van der Waals surface area (Å²) in [6.07, 6.45) is 0. The Bertz CT molecular complexity index is 3240. The molecule has 0 amide bonds. The monoisotopic (exact) mass is 894 g/mol. The summed E-state index contributed by atoms with van der Waals surface area (Å²) in [7, 11) is 0. The smallest absolute Gasteiger partial charge is 0.115 e. The number of phenolic OH excluding ortho intramolecular Hbond substituents is 6. The minimum Gasteiger partial charge on any atom is -0.508 e. The zero-order chi connectivity index (χ0) is 46.8. The fourth-order valence-electron chi connectivity index (χ4n) is 12.9. The van der Waals surface area contributed by atoms with Gasteiger partial charge in [-0.2, -0.15) is 0 Å². The van der Waals surface area contributed by atoms with Crippen molar-refractivity contribution < 1.29 is 30.6 Å². The van der Waals surface area contributed by atoms with E-state index in [1.807, 2.05) is 146 Å². The topological polar surface area (TPSA) is 121 Å². The molecule has 13 rings (SSSR count). The van der Waals surface area contributed by atoms with Crippen LogP contribution < -0.4 is 0 Å². The van der Waals surface area contributed by atoms with Gasteiger partial charge < -0.3 is 30.6 Å². The van der Waals surface area contributed by atoms with E-state index in [-0.39, 0.29) is 34.5 Å². The zero-order valence-electron chi connectivity index (χ0n) is 37.0. The molecule has 330 valence electrons. The van der Waals surface area contributed by atoms with Crippen molar-refractivity contribution in [3.05, 3.63) is 285 Å². The molecular weight excluding hydrogens is 853 g/mol. The second-order valence-corrected chi connectivity index (χ2v) is 18.4. The van der Waals surface area contributed by atoms with Gasteiger partial charge in [0, 0.05) is 0 Å². The van der Waals surface area contributed by atoms with E-state index in [0.29, 0.717) is 0 Å². The predicted octanol–water partition coefficient (Wildman–Crippen LogP) is 13.0. The first-order valence-corrected chi connectivity index (χ1v) is 23.0. The number of fused-ring (bicyclic) bond motifs is 12. The van der Waals surface area contributed by atoms with Crippen molar-refractivity contribution in [2.45, 2.75) is 16.2 Å². The molecule has 3 aliphatic carbocycles. The van der Waals surface area contributed by atoms with Crippen LogP contribution in [0.2, 0.25) is 0 Å². The maximum Gasteiger partial charge on any atom is 0.115 e. The Hall–Kier alpha value is -9.00. The highest BCUT2D eigenvalue weighted by Gasteiger charge is 2.61. The van der Waals surface area contributed by atoms with E-state index >= 15 is 0 Å². The van der Waals surface area contributed by atoms with Crippen LogP contribution in [0.3, 0.4) is 0 Å². The maximum atomic E-state index is 11.6. The molecule has 6 heteroatoms. The first-order valence-electron chi connectivity index (χ1n) is 23.0. The molecule has 10 aromatic rings. The van der Waals surface area contributed by atoms with Gasteiger partial charge in [0.05, 0.1) is 16.2 Å². The van der Waals surface area contributed by atoms with Crippen molar-refractivity contribution in [3.8, 4) is 67.9 Å². The number of hydrogen-bond donors (Lipinski definition) is 6. The molecule has 0 saturated heterocycles. The van der Waals surface area contributed by atoms with Crippen molar-refractivity contribution in [1.29, 1.82) is 0 Å². The fraction of sp³-hybridized carbons (Fsp3) is 0.0476. The van der Waals surface area contributed by atoms with Gasteiger partial charge in [0.25, 0.3) is 0 Å². The van der Waals surface area contributed by atoms with Crippen LogP contribution in [0.15, 0.2) is 218 Å². The summed E-state index contributed by atoms with van der Waals surface area (Å²) >= 11 is 0. The predicted molar refractivity (Wildman–Crippen MR) is 268 cm³/mol. The number of rotatable bonds is 6. The van der Waals surface area contributed by atoms with E-state index in [9.17, 15) is 30.6 Å². The van der Waals surface area contributed by atoms with Gasteiger partial charge >= 0.3 is 0 Å². The lowest BCUT2D eigenvalue weighted by atomic mass is 9.61. The van der Waals surface area contributed by atoms with Crippen molar-refractivity contribution in [2.24, 2.45) is 0 Å². The molecule has 0 radical (unpaired) electrons. The highest BCUT2D eigenvalue weighted by molar-refractivity contribution is 6.09. The first kappa shape index (κ1) is 40.3. The summed E-state index contributed by atoms with van der Waals surface area (Å²) in [5, 5.41) is 69.8. The Morgan fingerprint density at radius 1 is 0.217 bits per heavy atom. The summed E-state index contributed by atoms with van der Waals surface area (Å²) in [4.78, 5) is 0. The van der Waals surface area contributed by atoms with Crippen LogP contribution in [0, 0.1) is 0 Å². The Labute approximate surface area is 398 Å². The van der Waals surface area contributed by atoms with Crippen molar-refractivity contribution >= 4 is 0 Å². The highest BCUT2D eigenvalue weighted by atomic mass is 16.3. The minimum absolute atomic E-state index is 0.0753. The summed E-state index contributed by atoms with van der Waals surface area (Å²) < 4.78 is 0. The summed E-state index contributed by atoms with van der Waals surface area (Å²) in [6.45, 7) is 0. The number of benzene rings is 10. The van der Waals surface area contributed by atoms with Crippen molar-refractivity contribution in [1.82, 2.24) is 0 Å². The summed E-state index contributed by atoms with van der Waals surface area (Å²) in [5.74, 6) is 0.452. The van der Waals surface area contributed by atoms with Crippen LogP contribution in [-0.4, -0.2) is 30.6 Å². The molecule has 0 atom stereocenters. The largest absolute Gasteiger partial charge is 0.508 e. The quantitative estimate of drug-likeness (QED) is 0.0989. The molecule has 0 unspecified atom stereocenters. The zero-order valence-corrected chi connectivity index (χ0v) is 37.0. The maximum absolute atomic E-state index is 11.6. The lowest BCUT2D eigenvalue weighted by Crippen LogP contribution is -2.33. The molecule has 0 aliphatic heterocycles. The van der Waals surface area contributed by atoms with Gasteiger partial charge in [-0.15, -0.1) is 0 Å². The molecule has 0 aromatic heterocycles. The molecule has 0 saturated carbocycles. The van der Waals surface area contributed by atoms with Crippen LogP contribution in [0.25, 0.3) is 33.4 Å². The van der Waals surface area contributed by atoms with Gasteiger partial charge in [-0.3, -0.25) is 0 Å². The number of hydrogen-bond acceptors (Lipinski definition) is 6. The molecule has 0 heterocycles. The molecule has 69 heavy (non-hydrogen) atoms. The van der Waals surface area contributed by atoms with Gasteiger partial charge in [-0.25, -0.2) is 0 Å². The van der Waals surface area contributed by atoms with Crippen LogP contribution >= 0.6 is 0 Å². The molecule has 6 N–H and O–H groups in total. The Morgan fingerprint density at radius 2 is 0.420 bits per heavy atom. The average Bonchev–Trinajstić information content (AvgIpc) is 3.96. The SMILES string of the molecule is Oc1cccc(C2(c3cccc(O)c3)c3ccccc3-c3c2c2c(c4c3C(c3cccc(O)c3)(c3cccc(O)c3)c3ccccc3-4)C(c3cccc(O)c3)(c3cccc(O)c3)c3ccccc3-2)c1. The Balaban J connectivity index is 1.40. The van der Waals surface area contributed by atoms with E-state index in [1.165, 1.54) is 0 Å². The van der Waals surface area contributed by atoms with Crippen molar-refractivity contribution in [3.63, 3.8) is 0 Å². The third-order valence-corrected chi connectivity index (χ3v) is 15.1. The second-order valence-electron chi connectivity index (χ2n) is 18.4. The Kier molecular flexibility index (Phi) is 8.47. The molecule has 3 aliphatic rings. The van der Waals surface area contributed by atoms with E-state index < -0.39 is 16.2 Å². The number of phenols is 6. The molecule has 0 fully saturated rings. The van der Waals surface area contributed by atoms with E-state index in [2.05, 4.69) is 36.4 Å². The van der Waals surface area contributed by atoms with Gasteiger partial charge in [0.2, 0.25) is 0 Å². The Morgan fingerprint density at radius 3 is 0.623 bits per heavy atom. The van der Waals surface area contributed by atoms with Gasteiger partial charge in [0.1, 0.15) is 34.5 Å². The summed E-state index contributed by atoms with van der Waals surface area (Å²) in [6, 6.07) is 69.5. The third kappa shape index (κ3) is 5.20. The normalized spacial score (nSPS) is 14.8. The molecular formula is C63H42O6. The highest BCUT2D eigenvalue weighted by Crippen LogP contribution is 2.73. The molecule has 0 spiro atoms. The number of aromatic hydroxyl groups is 6. The average molecular weight is 895 g/mol. The standard InChI is InChI=1S/C63H42O6/c64-43-19-7-13-37(31-43)61(38-14-8-20-44(65)32-38)52-28-4-1-25-49(52)55-58(61)56-51-27-3-6-30-54(51)63(41-17-11-23-47(68)35-41,42-18-12-24-48(69)36-42)60(56)57-50-26-2-5-29-53(50)62(59(55)57,39-15-9-21-45(66)33-39)40-16-10-22-46(67)34-40/h1-36,64-69H. The van der Waals surface area contributed by atoms with E-state index in [4.69, 9.17) is 0 Å². The fourth-order valence-corrected chi connectivity index (χ4v) is 12.9. The van der Waals surface area contributed by atoms with Gasteiger partial charge in [-0.05, 0) is 173 Å². The first-order chi connectivity index (χ1) is 33.7. The van der Waals surface area contributed by atoms with Crippen LogP contribution in [0.4, 0.5) is 0 Å². The van der Waals surface area contributed by atoms with Crippen LogP contribution in [0.1, 0.15) is 66.8 Å². The van der Waals surface area contributed by atoms with Crippen LogP contribution in [-0.2, 0) is 16.2 Å². The van der Waals surface area contributed by atoms with Gasteiger partial charge in [-0.1, -0.05) is 146 Å². The van der Waals surface area contributed by atoms with E-state index in [1.54, 1.807) is 36.4 Å². The van der Waals surface area contributed by atoms with E-state index in [0.717, 1.165) is 100 Å². The van der Waals surface area contributed by atoms with Crippen LogP contribution in [0.5, 0.6) is 34.5 Å². The molecule has 6 nitrogen and oxygen atoms in total. The third-order valence-electron chi connectivity index (χ3n) is 15.1. The molecule has 0 bridgehead atoms. The van der Waals surface area contributed by atoms with Gasteiger partial charge in [0.15, 0.2) is 0 Å². The molecule has 10 aromatic carbocycles. The lowest BCUT2D eigenvalue weighted by molar-refractivity contribution is 0.471. The second kappa shape index (κ2) is 14.5. The van der Waals surface area contributed by atoms with Crippen molar-refractivity contribution in [2.75, 3.05) is 0 Å². The minimum atomic E-state index is -1.22. The summed E-state index contributed by atoms with van der Waals surface area (Å²) in [5.41, 5.74) is 12.0.